The van der Waals surface area contributed by atoms with E-state index in [1.54, 1.807) is 0 Å². The molecule has 23 heavy (non-hydrogen) atoms. The second-order valence-corrected chi connectivity index (χ2v) is 6.92. The molecule has 1 amide bonds. The summed E-state index contributed by atoms with van der Waals surface area (Å²) in [6.45, 7) is 1.61. The van der Waals surface area contributed by atoms with E-state index in [1.807, 2.05) is 35.2 Å². The summed E-state index contributed by atoms with van der Waals surface area (Å²) >= 11 is 0. The van der Waals surface area contributed by atoms with Crippen molar-refractivity contribution >= 4 is 5.91 Å². The Hall–Kier alpha value is -1.55. The van der Waals surface area contributed by atoms with Crippen LogP contribution in [-0.2, 0) is 4.79 Å². The molecule has 0 radical (unpaired) electrons. The molecule has 1 saturated carbocycles. The highest BCUT2D eigenvalue weighted by Gasteiger charge is 2.29. The van der Waals surface area contributed by atoms with Crippen molar-refractivity contribution in [2.75, 3.05) is 13.1 Å². The van der Waals surface area contributed by atoms with Crippen LogP contribution in [0.15, 0.2) is 30.3 Å². The number of rotatable bonds is 4. The summed E-state index contributed by atoms with van der Waals surface area (Å²) in [6, 6.07) is 10.2. The summed E-state index contributed by atoms with van der Waals surface area (Å²) in [5.41, 5.74) is 6.17. The molecule has 126 valence electrons. The van der Waals surface area contributed by atoms with Crippen molar-refractivity contribution in [1.82, 2.24) is 4.90 Å². The fourth-order valence-corrected chi connectivity index (χ4v) is 3.76. The van der Waals surface area contributed by atoms with Gasteiger partial charge < -0.3 is 15.4 Å². The molecule has 0 bridgehead atoms. The standard InChI is InChI=1S/C19H28N2O2/c20-18-9-5-4-6-15(18)14-19(22)21-12-10-17(11-13-21)23-16-7-2-1-3-8-16/h1-3,7-8,15,17-18H,4-6,9-14,20H2. The first-order valence-electron chi connectivity index (χ1n) is 8.97. The van der Waals surface area contributed by atoms with Crippen molar-refractivity contribution in [2.24, 2.45) is 11.7 Å². The Labute approximate surface area is 139 Å². The van der Waals surface area contributed by atoms with E-state index < -0.39 is 0 Å². The monoisotopic (exact) mass is 316 g/mol. The molecule has 0 aromatic heterocycles. The second kappa shape index (κ2) is 7.82. The van der Waals surface area contributed by atoms with Gasteiger partial charge in [0.15, 0.2) is 0 Å². The summed E-state index contributed by atoms with van der Waals surface area (Å²) in [4.78, 5) is 14.5. The lowest BCUT2D eigenvalue weighted by atomic mass is 9.82. The number of nitrogens with zero attached hydrogens (tertiary/aromatic N) is 1. The second-order valence-electron chi connectivity index (χ2n) is 6.92. The molecule has 0 spiro atoms. The van der Waals surface area contributed by atoms with Gasteiger partial charge in [0.2, 0.25) is 5.91 Å². The minimum Gasteiger partial charge on any atom is -0.490 e. The highest BCUT2D eigenvalue weighted by Crippen LogP contribution is 2.27. The van der Waals surface area contributed by atoms with Gasteiger partial charge in [-0.2, -0.15) is 0 Å². The van der Waals surface area contributed by atoms with Gasteiger partial charge in [-0.05, 0) is 30.9 Å². The largest absolute Gasteiger partial charge is 0.490 e. The molecule has 4 heteroatoms. The molecule has 1 aromatic carbocycles. The Morgan fingerprint density at radius 1 is 1.09 bits per heavy atom. The maximum atomic E-state index is 12.5. The van der Waals surface area contributed by atoms with E-state index in [0.717, 1.165) is 44.5 Å². The molecule has 1 aliphatic heterocycles. The SMILES string of the molecule is NC1CCCCC1CC(=O)N1CCC(Oc2ccccc2)CC1. The van der Waals surface area contributed by atoms with Crippen molar-refractivity contribution in [2.45, 2.75) is 57.1 Å². The van der Waals surface area contributed by atoms with Crippen molar-refractivity contribution in [3.8, 4) is 5.75 Å². The first-order chi connectivity index (χ1) is 11.2. The van der Waals surface area contributed by atoms with Gasteiger partial charge in [0, 0.05) is 38.4 Å². The minimum atomic E-state index is 0.214. The molecule has 1 aliphatic carbocycles. The van der Waals surface area contributed by atoms with E-state index in [4.69, 9.17) is 10.5 Å². The third kappa shape index (κ3) is 4.47. The minimum absolute atomic E-state index is 0.214. The van der Waals surface area contributed by atoms with E-state index in [9.17, 15) is 4.79 Å². The molecule has 4 nitrogen and oxygen atoms in total. The number of nitrogens with two attached hydrogens (primary N) is 1. The van der Waals surface area contributed by atoms with Gasteiger partial charge in [-0.1, -0.05) is 31.0 Å². The molecule has 1 aromatic rings. The fraction of sp³-hybridized carbons (Fsp3) is 0.632. The molecule has 2 aliphatic rings. The van der Waals surface area contributed by atoms with Gasteiger partial charge in [-0.15, -0.1) is 0 Å². The number of likely N-dealkylation sites (tertiary alicyclic amines) is 1. The quantitative estimate of drug-likeness (QED) is 0.929. The number of piperidine rings is 1. The predicted molar refractivity (Wildman–Crippen MR) is 91.2 cm³/mol. The number of amides is 1. The smallest absolute Gasteiger partial charge is 0.222 e. The normalized spacial score (nSPS) is 26.0. The maximum Gasteiger partial charge on any atom is 0.222 e. The zero-order chi connectivity index (χ0) is 16.1. The van der Waals surface area contributed by atoms with Gasteiger partial charge >= 0.3 is 0 Å². The molecule has 2 unspecified atom stereocenters. The van der Waals surface area contributed by atoms with E-state index in [2.05, 4.69) is 0 Å². The number of carbonyl (C=O) groups is 1. The van der Waals surface area contributed by atoms with Crippen molar-refractivity contribution in [3.05, 3.63) is 30.3 Å². The fourth-order valence-electron chi connectivity index (χ4n) is 3.76. The Kier molecular flexibility index (Phi) is 5.55. The van der Waals surface area contributed by atoms with Crippen molar-refractivity contribution in [3.63, 3.8) is 0 Å². The molecule has 3 rings (SSSR count). The summed E-state index contributed by atoms with van der Waals surface area (Å²) < 4.78 is 5.99. The van der Waals surface area contributed by atoms with E-state index in [0.29, 0.717) is 12.3 Å². The van der Waals surface area contributed by atoms with Crippen LogP contribution < -0.4 is 10.5 Å². The highest BCUT2D eigenvalue weighted by atomic mass is 16.5. The van der Waals surface area contributed by atoms with E-state index in [-0.39, 0.29) is 18.1 Å². The topological polar surface area (TPSA) is 55.6 Å². The van der Waals surface area contributed by atoms with Crippen LogP contribution in [0.5, 0.6) is 5.75 Å². The first-order valence-corrected chi connectivity index (χ1v) is 8.97. The molecule has 1 heterocycles. The van der Waals surface area contributed by atoms with Gasteiger partial charge in [0.1, 0.15) is 11.9 Å². The van der Waals surface area contributed by atoms with Crippen LogP contribution in [0.25, 0.3) is 0 Å². The van der Waals surface area contributed by atoms with Crippen LogP contribution in [0, 0.1) is 5.92 Å². The average molecular weight is 316 g/mol. The van der Waals surface area contributed by atoms with Gasteiger partial charge in [-0.3, -0.25) is 4.79 Å². The molecule has 2 fully saturated rings. The number of benzene rings is 1. The molecule has 2 atom stereocenters. The Morgan fingerprint density at radius 2 is 1.78 bits per heavy atom. The lowest BCUT2D eigenvalue weighted by Crippen LogP contribution is -2.44. The molecule has 2 N–H and O–H groups in total. The zero-order valence-electron chi connectivity index (χ0n) is 13.8. The Balaban J connectivity index is 1.44. The Bertz CT molecular complexity index is 497. The highest BCUT2D eigenvalue weighted by molar-refractivity contribution is 5.76. The van der Waals surface area contributed by atoms with Crippen LogP contribution in [0.2, 0.25) is 0 Å². The molecular formula is C19H28N2O2. The predicted octanol–water partition coefficient (Wildman–Crippen LogP) is 2.96. The average Bonchev–Trinajstić information content (AvgIpc) is 2.58. The zero-order valence-corrected chi connectivity index (χ0v) is 13.8. The third-order valence-electron chi connectivity index (χ3n) is 5.25. The van der Waals surface area contributed by atoms with Crippen molar-refractivity contribution in [1.29, 1.82) is 0 Å². The number of ether oxygens (including phenoxy) is 1. The summed E-state index contributed by atoms with van der Waals surface area (Å²) in [5.74, 6) is 1.59. The van der Waals surface area contributed by atoms with Gasteiger partial charge in [0.25, 0.3) is 0 Å². The summed E-state index contributed by atoms with van der Waals surface area (Å²) in [5, 5.41) is 0. The van der Waals surface area contributed by atoms with Crippen LogP contribution in [0.3, 0.4) is 0 Å². The molecule has 1 saturated heterocycles. The van der Waals surface area contributed by atoms with E-state index in [1.165, 1.54) is 12.8 Å². The Morgan fingerprint density at radius 3 is 2.48 bits per heavy atom. The number of hydrogen-bond donors (Lipinski definition) is 1. The van der Waals surface area contributed by atoms with Crippen LogP contribution in [0.4, 0.5) is 0 Å². The number of carbonyl (C=O) groups excluding carboxylic acids is 1. The molecular weight excluding hydrogens is 288 g/mol. The van der Waals surface area contributed by atoms with Crippen LogP contribution >= 0.6 is 0 Å². The van der Waals surface area contributed by atoms with Crippen LogP contribution in [-0.4, -0.2) is 36.0 Å². The number of para-hydroxylation sites is 1. The first kappa shape index (κ1) is 16.3. The van der Waals surface area contributed by atoms with Crippen LogP contribution in [0.1, 0.15) is 44.9 Å². The lowest BCUT2D eigenvalue weighted by molar-refractivity contribution is -0.134. The lowest BCUT2D eigenvalue weighted by Gasteiger charge is -2.34. The summed E-state index contributed by atoms with van der Waals surface area (Å²) in [7, 11) is 0. The van der Waals surface area contributed by atoms with Gasteiger partial charge in [-0.25, -0.2) is 0 Å². The van der Waals surface area contributed by atoms with Gasteiger partial charge in [0.05, 0.1) is 0 Å². The van der Waals surface area contributed by atoms with Crippen molar-refractivity contribution < 1.29 is 9.53 Å². The number of hydrogen-bond acceptors (Lipinski definition) is 3. The summed E-state index contributed by atoms with van der Waals surface area (Å²) in [6.07, 6.45) is 7.30. The van der Waals surface area contributed by atoms with E-state index >= 15 is 0 Å². The third-order valence-corrected chi connectivity index (χ3v) is 5.25. The maximum absolute atomic E-state index is 12.5.